The molecule has 0 amide bonds. The molecule has 0 saturated heterocycles. The number of hydrogen-bond acceptors (Lipinski definition) is 2. The van der Waals surface area contributed by atoms with E-state index in [0.29, 0.717) is 0 Å². The fraction of sp³-hybridized carbons (Fsp3) is 0.0789. The lowest BCUT2D eigenvalue weighted by Crippen LogP contribution is -1.92. The molecule has 1 aliphatic rings. The number of anilines is 2. The number of nitrogens with zero attached hydrogens (tertiary/aromatic N) is 1. The number of aliphatic imine (C=N–C) groups is 1. The second-order valence-corrected chi connectivity index (χ2v) is 10.4. The Morgan fingerprint density at radius 1 is 0.550 bits per heavy atom. The molecule has 6 aromatic rings. The molecule has 0 fully saturated rings. The van der Waals surface area contributed by atoms with Gasteiger partial charge in [-0.1, -0.05) is 110 Å². The molecule has 2 heteroatoms. The molecule has 0 radical (unpaired) electrons. The van der Waals surface area contributed by atoms with E-state index in [0.717, 1.165) is 29.2 Å². The molecule has 0 unspecified atom stereocenters. The summed E-state index contributed by atoms with van der Waals surface area (Å²) in [6.07, 6.45) is 0.943. The minimum absolute atomic E-state index is 0.943. The molecule has 0 heterocycles. The summed E-state index contributed by atoms with van der Waals surface area (Å²) in [5.41, 5.74) is 14.4. The van der Waals surface area contributed by atoms with Crippen molar-refractivity contribution in [3.8, 4) is 44.5 Å². The van der Waals surface area contributed by atoms with Crippen LogP contribution in [0.3, 0.4) is 0 Å². The van der Waals surface area contributed by atoms with Crippen LogP contribution in [0.2, 0.25) is 0 Å². The molecule has 2 nitrogen and oxygen atoms in total. The van der Waals surface area contributed by atoms with Gasteiger partial charge in [0.05, 0.1) is 11.4 Å². The van der Waals surface area contributed by atoms with Gasteiger partial charge in [0.15, 0.2) is 0 Å². The largest absolute Gasteiger partial charge is 0.354 e. The van der Waals surface area contributed by atoms with Crippen molar-refractivity contribution in [1.29, 1.82) is 0 Å². The average Bonchev–Trinajstić information content (AvgIpc) is 3.34. The summed E-state index contributed by atoms with van der Waals surface area (Å²) < 4.78 is 0. The Kier molecular flexibility index (Phi) is 6.02. The normalized spacial score (nSPS) is 12.0. The zero-order valence-corrected chi connectivity index (χ0v) is 22.8. The molecular weight excluding hydrogens is 484 g/mol. The first kappa shape index (κ1) is 24.1. The van der Waals surface area contributed by atoms with Crippen LogP contribution in [0, 0.1) is 0 Å². The van der Waals surface area contributed by atoms with Gasteiger partial charge in [0.2, 0.25) is 0 Å². The summed E-state index contributed by atoms with van der Waals surface area (Å²) in [5.74, 6) is 0. The Hall–Kier alpha value is -4.95. The Bertz CT molecular complexity index is 1870. The molecule has 1 aliphatic carbocycles. The minimum atomic E-state index is 0.943. The fourth-order valence-electron chi connectivity index (χ4n) is 5.77. The summed E-state index contributed by atoms with van der Waals surface area (Å²) >= 11 is 0. The molecule has 0 atom stereocenters. The van der Waals surface area contributed by atoms with Gasteiger partial charge in [-0.3, -0.25) is 4.99 Å². The smallest absolute Gasteiger partial charge is 0.0863 e. The minimum Gasteiger partial charge on any atom is -0.354 e. The standard InChI is InChI=1S/C38H30N2/c1-3-25(2)39-36-13-6-7-14-37(36)40-29-21-19-27(20-22-29)26-15-17-28(18-16-26)30-23-24-35-32-10-5-4-9-31(32)34-12-8-11-33(30)38(34)35/h4-24,40H,3H2,1-2H3/b39-25+. The summed E-state index contributed by atoms with van der Waals surface area (Å²) in [5, 5.41) is 6.22. The summed E-state index contributed by atoms with van der Waals surface area (Å²) in [6.45, 7) is 4.20. The Balaban J connectivity index is 1.16. The van der Waals surface area contributed by atoms with Crippen molar-refractivity contribution in [2.24, 2.45) is 4.99 Å². The van der Waals surface area contributed by atoms with E-state index in [1.165, 1.54) is 55.3 Å². The number of para-hydroxylation sites is 2. The van der Waals surface area contributed by atoms with Crippen molar-refractivity contribution in [1.82, 2.24) is 0 Å². The van der Waals surface area contributed by atoms with Crippen molar-refractivity contribution in [2.75, 3.05) is 5.32 Å². The van der Waals surface area contributed by atoms with E-state index < -0.39 is 0 Å². The van der Waals surface area contributed by atoms with E-state index in [1.54, 1.807) is 0 Å². The first-order valence-electron chi connectivity index (χ1n) is 14.0. The molecule has 7 rings (SSSR count). The van der Waals surface area contributed by atoms with Crippen LogP contribution in [0.25, 0.3) is 55.3 Å². The number of fused-ring (bicyclic) bond motifs is 3. The number of benzene rings is 6. The zero-order valence-electron chi connectivity index (χ0n) is 22.8. The Labute approximate surface area is 235 Å². The van der Waals surface area contributed by atoms with E-state index in [9.17, 15) is 0 Å². The number of rotatable bonds is 6. The molecule has 192 valence electrons. The fourth-order valence-corrected chi connectivity index (χ4v) is 5.77. The highest BCUT2D eigenvalue weighted by atomic mass is 14.9. The predicted octanol–water partition coefficient (Wildman–Crippen LogP) is 11.1. The van der Waals surface area contributed by atoms with Gasteiger partial charge in [-0.25, -0.2) is 0 Å². The molecular formula is C38H30N2. The predicted molar refractivity (Wildman–Crippen MR) is 172 cm³/mol. The first-order valence-corrected chi connectivity index (χ1v) is 14.0. The maximum absolute atomic E-state index is 4.77. The molecule has 6 aromatic carbocycles. The SMILES string of the molecule is CC/C(C)=N/c1ccccc1Nc1ccc(-c2ccc(-c3ccc4c5c(cccc35)-c3ccccc3-4)cc2)cc1. The molecule has 0 aliphatic heterocycles. The van der Waals surface area contributed by atoms with Crippen molar-refractivity contribution >= 4 is 33.5 Å². The van der Waals surface area contributed by atoms with E-state index in [1.807, 2.05) is 12.1 Å². The third-order valence-electron chi connectivity index (χ3n) is 7.97. The lowest BCUT2D eigenvalue weighted by Gasteiger charge is -2.12. The highest BCUT2D eigenvalue weighted by Crippen LogP contribution is 2.49. The van der Waals surface area contributed by atoms with E-state index in [-0.39, 0.29) is 0 Å². The number of hydrogen-bond donors (Lipinski definition) is 1. The van der Waals surface area contributed by atoms with Crippen LogP contribution in [0.15, 0.2) is 132 Å². The molecule has 0 bridgehead atoms. The van der Waals surface area contributed by atoms with Gasteiger partial charge in [0.25, 0.3) is 0 Å². The third-order valence-corrected chi connectivity index (χ3v) is 7.97. The monoisotopic (exact) mass is 514 g/mol. The lowest BCUT2D eigenvalue weighted by atomic mass is 9.93. The van der Waals surface area contributed by atoms with Crippen molar-refractivity contribution < 1.29 is 0 Å². The maximum atomic E-state index is 4.77. The highest BCUT2D eigenvalue weighted by Gasteiger charge is 2.22. The Morgan fingerprint density at radius 2 is 1.12 bits per heavy atom. The Morgan fingerprint density at radius 3 is 1.85 bits per heavy atom. The topological polar surface area (TPSA) is 24.4 Å². The van der Waals surface area contributed by atoms with Gasteiger partial charge in [-0.15, -0.1) is 0 Å². The van der Waals surface area contributed by atoms with E-state index in [2.05, 4.69) is 134 Å². The molecule has 1 N–H and O–H groups in total. The van der Waals surface area contributed by atoms with E-state index >= 15 is 0 Å². The molecule has 0 aromatic heterocycles. The second-order valence-electron chi connectivity index (χ2n) is 10.4. The summed E-state index contributed by atoms with van der Waals surface area (Å²) in [6, 6.07) is 45.8. The molecule has 0 saturated carbocycles. The number of nitrogens with one attached hydrogen (secondary N) is 1. The molecule has 40 heavy (non-hydrogen) atoms. The molecule has 0 spiro atoms. The average molecular weight is 515 g/mol. The van der Waals surface area contributed by atoms with Crippen LogP contribution in [-0.2, 0) is 0 Å². The lowest BCUT2D eigenvalue weighted by molar-refractivity contribution is 1.25. The van der Waals surface area contributed by atoms with Crippen LogP contribution in [0.1, 0.15) is 20.3 Å². The van der Waals surface area contributed by atoms with Crippen LogP contribution < -0.4 is 5.32 Å². The quantitative estimate of drug-likeness (QED) is 0.219. The highest BCUT2D eigenvalue weighted by molar-refractivity contribution is 6.18. The van der Waals surface area contributed by atoms with Gasteiger partial charge in [0, 0.05) is 11.4 Å². The third kappa shape index (κ3) is 4.19. The zero-order chi connectivity index (χ0) is 27.1. The van der Waals surface area contributed by atoms with E-state index in [4.69, 9.17) is 4.99 Å². The van der Waals surface area contributed by atoms with Gasteiger partial charge < -0.3 is 5.32 Å². The summed E-state index contributed by atoms with van der Waals surface area (Å²) in [4.78, 5) is 4.77. The van der Waals surface area contributed by atoms with Gasteiger partial charge in [-0.2, -0.15) is 0 Å². The van der Waals surface area contributed by atoms with Crippen molar-refractivity contribution in [3.63, 3.8) is 0 Å². The van der Waals surface area contributed by atoms with Gasteiger partial charge in [0.1, 0.15) is 0 Å². The maximum Gasteiger partial charge on any atom is 0.0863 e. The van der Waals surface area contributed by atoms with Crippen LogP contribution in [0.5, 0.6) is 0 Å². The van der Waals surface area contributed by atoms with Crippen molar-refractivity contribution in [3.05, 3.63) is 127 Å². The van der Waals surface area contributed by atoms with Crippen LogP contribution in [-0.4, -0.2) is 5.71 Å². The summed E-state index contributed by atoms with van der Waals surface area (Å²) in [7, 11) is 0. The van der Waals surface area contributed by atoms with Gasteiger partial charge >= 0.3 is 0 Å². The first-order chi connectivity index (χ1) is 19.7. The second kappa shape index (κ2) is 9.98. The van der Waals surface area contributed by atoms with Crippen LogP contribution >= 0.6 is 0 Å². The van der Waals surface area contributed by atoms with Crippen molar-refractivity contribution in [2.45, 2.75) is 20.3 Å². The van der Waals surface area contributed by atoms with Crippen LogP contribution in [0.4, 0.5) is 17.1 Å². The van der Waals surface area contributed by atoms with Gasteiger partial charge in [-0.05, 0) is 92.9 Å².